The number of hydrogen-bond acceptors (Lipinski definition) is 2. The van der Waals surface area contributed by atoms with E-state index < -0.39 is 0 Å². The molecular formula is C47H50Br2O2. The maximum Gasteiger partial charge on any atom is 0.147 e. The molecule has 5 aromatic rings. The molecule has 0 radical (unpaired) electrons. The first-order valence-corrected chi connectivity index (χ1v) is 20.1. The number of rotatable bonds is 9. The molecule has 0 unspecified atom stereocenters. The van der Waals surface area contributed by atoms with Crippen LogP contribution in [-0.2, 0) is 31.3 Å². The average molecular weight is 807 g/mol. The van der Waals surface area contributed by atoms with Crippen molar-refractivity contribution < 1.29 is 9.47 Å². The molecule has 2 saturated carbocycles. The van der Waals surface area contributed by atoms with Crippen molar-refractivity contribution in [1.29, 1.82) is 0 Å². The second kappa shape index (κ2) is 14.8. The Morgan fingerprint density at radius 3 is 1.02 bits per heavy atom. The van der Waals surface area contributed by atoms with Crippen molar-refractivity contribution in [3.63, 3.8) is 0 Å². The molecule has 2 aliphatic rings. The Kier molecular flexibility index (Phi) is 10.5. The molecule has 0 heterocycles. The van der Waals surface area contributed by atoms with Gasteiger partial charge in [-0.2, -0.15) is 0 Å². The molecule has 2 nitrogen and oxygen atoms in total. The summed E-state index contributed by atoms with van der Waals surface area (Å²) in [7, 11) is 1.71. The third-order valence-electron chi connectivity index (χ3n) is 12.7. The highest BCUT2D eigenvalue weighted by Crippen LogP contribution is 2.50. The zero-order chi connectivity index (χ0) is 35.7. The lowest BCUT2D eigenvalue weighted by Gasteiger charge is -2.45. The fraction of sp³-hybridized carbons (Fsp3) is 0.362. The summed E-state index contributed by atoms with van der Waals surface area (Å²) in [5.74, 6) is 0. The molecule has 0 atom stereocenters. The van der Waals surface area contributed by atoms with Crippen LogP contribution in [0.4, 0.5) is 0 Å². The lowest BCUT2D eigenvalue weighted by molar-refractivity contribution is -0.156. The number of ether oxygens (including phenoxy) is 2. The Morgan fingerprint density at radius 2 is 0.686 bits per heavy atom. The summed E-state index contributed by atoms with van der Waals surface area (Å²) in [6.45, 7) is 7.60. The van der Waals surface area contributed by atoms with Gasteiger partial charge in [-0.05, 0) is 136 Å². The number of halogens is 2. The van der Waals surface area contributed by atoms with E-state index in [0.717, 1.165) is 34.6 Å². The molecular weight excluding hydrogens is 756 g/mol. The van der Waals surface area contributed by atoms with Gasteiger partial charge >= 0.3 is 0 Å². The van der Waals surface area contributed by atoms with Gasteiger partial charge in [0.15, 0.2) is 0 Å². The topological polar surface area (TPSA) is 18.5 Å². The number of methoxy groups -OCH3 is 1. The van der Waals surface area contributed by atoms with Gasteiger partial charge < -0.3 is 9.47 Å². The molecule has 0 bridgehead atoms. The van der Waals surface area contributed by atoms with Gasteiger partial charge in [-0.25, -0.2) is 0 Å². The van der Waals surface area contributed by atoms with Crippen molar-refractivity contribution in [2.45, 2.75) is 94.0 Å². The van der Waals surface area contributed by atoms with Crippen molar-refractivity contribution in [3.8, 4) is 22.3 Å². The lowest BCUT2D eigenvalue weighted by Crippen LogP contribution is -2.40. The van der Waals surface area contributed by atoms with Gasteiger partial charge in [0.25, 0.3) is 0 Å². The molecule has 7 rings (SSSR count). The number of benzene rings is 5. The summed E-state index contributed by atoms with van der Waals surface area (Å²) in [6.07, 6.45) is 8.88. The molecule has 0 spiro atoms. The Morgan fingerprint density at radius 1 is 0.412 bits per heavy atom. The van der Waals surface area contributed by atoms with Gasteiger partial charge in [-0.3, -0.25) is 0 Å². The van der Waals surface area contributed by atoms with Gasteiger partial charge in [-0.1, -0.05) is 150 Å². The summed E-state index contributed by atoms with van der Waals surface area (Å²) < 4.78 is 14.2. The van der Waals surface area contributed by atoms with Crippen LogP contribution < -0.4 is 0 Å². The number of hydrogen-bond donors (Lipinski definition) is 0. The van der Waals surface area contributed by atoms with Crippen LogP contribution in [-0.4, -0.2) is 13.9 Å². The molecule has 0 saturated heterocycles. The van der Waals surface area contributed by atoms with Crippen molar-refractivity contribution in [1.82, 2.24) is 0 Å². The van der Waals surface area contributed by atoms with Crippen LogP contribution in [0, 0.1) is 0 Å². The first-order chi connectivity index (χ1) is 24.5. The minimum Gasteiger partial charge on any atom is -0.359 e. The second-order valence-corrected chi connectivity index (χ2v) is 17.8. The second-order valence-electron chi connectivity index (χ2n) is 16.0. The van der Waals surface area contributed by atoms with E-state index >= 15 is 0 Å². The van der Waals surface area contributed by atoms with Crippen molar-refractivity contribution in [3.05, 3.63) is 153 Å². The molecule has 264 valence electrons. The van der Waals surface area contributed by atoms with E-state index in [1.165, 1.54) is 70.2 Å². The van der Waals surface area contributed by atoms with Crippen molar-refractivity contribution in [2.75, 3.05) is 13.9 Å². The third-order valence-corrected chi connectivity index (χ3v) is 13.8. The Hall–Kier alpha value is -3.02. The van der Waals surface area contributed by atoms with Crippen LogP contribution in [0.2, 0.25) is 0 Å². The minimum atomic E-state index is -0.340. The highest BCUT2D eigenvalue weighted by atomic mass is 79.9. The van der Waals surface area contributed by atoms with Crippen LogP contribution in [0.3, 0.4) is 0 Å². The van der Waals surface area contributed by atoms with Crippen LogP contribution in [0.25, 0.3) is 22.3 Å². The predicted molar refractivity (Wildman–Crippen MR) is 219 cm³/mol. The first-order valence-electron chi connectivity index (χ1n) is 18.5. The Balaban J connectivity index is 1.01. The largest absolute Gasteiger partial charge is 0.359 e. The smallest absolute Gasteiger partial charge is 0.147 e. The van der Waals surface area contributed by atoms with Crippen LogP contribution in [0.5, 0.6) is 0 Å². The van der Waals surface area contributed by atoms with Gasteiger partial charge in [0.2, 0.25) is 0 Å². The summed E-state index contributed by atoms with van der Waals surface area (Å²) >= 11 is 7.19. The van der Waals surface area contributed by atoms with E-state index in [9.17, 15) is 0 Å². The van der Waals surface area contributed by atoms with E-state index in [2.05, 4.69) is 174 Å². The fourth-order valence-corrected chi connectivity index (χ4v) is 9.23. The molecule has 0 aliphatic heterocycles. The molecule has 4 heteroatoms. The quantitative estimate of drug-likeness (QED) is 0.138. The van der Waals surface area contributed by atoms with Crippen molar-refractivity contribution >= 4 is 31.9 Å². The van der Waals surface area contributed by atoms with Gasteiger partial charge in [0.05, 0.1) is 5.60 Å². The zero-order valence-electron chi connectivity index (χ0n) is 30.5. The summed E-state index contributed by atoms with van der Waals surface area (Å²) in [4.78, 5) is 0. The highest BCUT2D eigenvalue weighted by Gasteiger charge is 2.43. The average Bonchev–Trinajstić information content (AvgIpc) is 3.17. The minimum absolute atomic E-state index is 0.138. The molecule has 0 aromatic heterocycles. The molecule has 2 fully saturated rings. The van der Waals surface area contributed by atoms with E-state index in [1.807, 2.05) is 0 Å². The fourth-order valence-electron chi connectivity index (χ4n) is 8.70. The first kappa shape index (κ1) is 36.3. The van der Waals surface area contributed by atoms with E-state index in [4.69, 9.17) is 9.47 Å². The molecule has 2 aliphatic carbocycles. The molecule has 51 heavy (non-hydrogen) atoms. The van der Waals surface area contributed by atoms with E-state index in [1.54, 1.807) is 7.11 Å². The maximum atomic E-state index is 6.52. The van der Waals surface area contributed by atoms with Crippen molar-refractivity contribution in [2.24, 2.45) is 0 Å². The van der Waals surface area contributed by atoms with E-state index in [-0.39, 0.29) is 21.8 Å². The molecule has 5 aromatic carbocycles. The summed E-state index contributed by atoms with van der Waals surface area (Å²) in [6, 6.07) is 45.3. The Labute approximate surface area is 322 Å². The monoisotopic (exact) mass is 804 g/mol. The Bertz CT molecular complexity index is 1890. The normalized spacial score (nSPS) is 26.5. The highest BCUT2D eigenvalue weighted by molar-refractivity contribution is 9.10. The van der Waals surface area contributed by atoms with Gasteiger partial charge in [0, 0.05) is 16.1 Å². The summed E-state index contributed by atoms with van der Waals surface area (Å²) in [5.41, 5.74) is 10.8. The standard InChI is InChI=1S/C47H50Br2O2/c1-44(25-27-45(2,28-26-44)39-17-21-42(48)22-18-39)38-13-9-36(10-14-38)34-5-7-35(8-6-34)37-11-15-41(16-12-37)47(51-33-50-4)31-29-46(3,30-32-47)40-19-23-43(49)24-20-40/h5-24H,25-33H2,1-4H3. The van der Waals surface area contributed by atoms with Gasteiger partial charge in [0.1, 0.15) is 6.79 Å². The van der Waals surface area contributed by atoms with Crippen LogP contribution >= 0.6 is 31.9 Å². The maximum absolute atomic E-state index is 6.52. The predicted octanol–water partition coefficient (Wildman–Crippen LogP) is 13.7. The molecule has 0 amide bonds. The van der Waals surface area contributed by atoms with Crippen LogP contribution in [0.15, 0.2) is 130 Å². The SMILES string of the molecule is COCOC1(c2ccc(-c3ccc(-c4ccc(C5(C)CCC(C)(c6ccc(Br)cc6)CC5)cc4)cc3)cc2)CCC(C)(c2ccc(Br)cc2)CC1. The summed E-state index contributed by atoms with van der Waals surface area (Å²) in [5, 5.41) is 0. The molecule has 0 N–H and O–H groups in total. The van der Waals surface area contributed by atoms with E-state index in [0.29, 0.717) is 6.79 Å². The zero-order valence-corrected chi connectivity index (χ0v) is 33.7. The van der Waals surface area contributed by atoms with Crippen LogP contribution in [0.1, 0.15) is 94.4 Å². The lowest BCUT2D eigenvalue weighted by atomic mass is 9.60. The van der Waals surface area contributed by atoms with Gasteiger partial charge in [-0.15, -0.1) is 0 Å². The third kappa shape index (κ3) is 7.58.